The van der Waals surface area contributed by atoms with Crippen LogP contribution in [-0.4, -0.2) is 15.8 Å². The number of ether oxygens (including phenoxy) is 2. The van der Waals surface area contributed by atoms with Crippen molar-refractivity contribution in [3.8, 4) is 34.4 Å². The Morgan fingerprint density at radius 1 is 0.333 bits per heavy atom. The van der Waals surface area contributed by atoms with E-state index in [-0.39, 0.29) is 6.71 Å². The van der Waals surface area contributed by atoms with Crippen LogP contribution in [0.2, 0.25) is 0 Å². The Kier molecular flexibility index (Phi) is 7.04. The second-order valence-electron chi connectivity index (χ2n) is 15.7. The number of hydrogen-bond donors (Lipinski definition) is 0. The molecule has 11 aromatic rings. The van der Waals surface area contributed by atoms with Crippen LogP contribution in [0.15, 0.2) is 206 Å². The molecule has 280 valence electrons. The SMILES string of the molecule is c1ccc(N(c2ccccc2)c2ccc3c4cc5c(cc4n(-c4ccccc4)c3c2)Oc2cccc3c2B5c2cc4c5ccccc5n(-c5ccccc5)c4cc2O3)cc1. The molecule has 0 saturated heterocycles. The van der Waals surface area contributed by atoms with Crippen LogP contribution in [0.1, 0.15) is 0 Å². The lowest BCUT2D eigenvalue weighted by atomic mass is 9.34. The van der Waals surface area contributed by atoms with Crippen LogP contribution in [0.25, 0.3) is 55.0 Å². The molecule has 0 atom stereocenters. The molecule has 0 radical (unpaired) electrons. The third kappa shape index (κ3) is 4.82. The molecule has 9 aromatic carbocycles. The third-order valence-corrected chi connectivity index (χ3v) is 12.4. The molecular formula is C54H34BN3O2. The summed E-state index contributed by atoms with van der Waals surface area (Å²) >= 11 is 0. The van der Waals surface area contributed by atoms with Crippen molar-refractivity contribution in [1.82, 2.24) is 9.13 Å². The topological polar surface area (TPSA) is 31.6 Å². The zero-order valence-corrected chi connectivity index (χ0v) is 32.4. The van der Waals surface area contributed by atoms with Gasteiger partial charge in [-0.2, -0.15) is 0 Å². The first kappa shape index (κ1) is 33.1. The van der Waals surface area contributed by atoms with E-state index in [4.69, 9.17) is 9.47 Å². The van der Waals surface area contributed by atoms with Crippen LogP contribution in [0.4, 0.5) is 17.1 Å². The molecule has 0 spiro atoms. The molecule has 0 aliphatic carbocycles. The van der Waals surface area contributed by atoms with Gasteiger partial charge in [0.2, 0.25) is 0 Å². The summed E-state index contributed by atoms with van der Waals surface area (Å²) in [6.07, 6.45) is 0. The van der Waals surface area contributed by atoms with Crippen molar-refractivity contribution in [2.45, 2.75) is 0 Å². The Morgan fingerprint density at radius 2 is 0.800 bits per heavy atom. The first-order valence-electron chi connectivity index (χ1n) is 20.5. The van der Waals surface area contributed by atoms with Crippen LogP contribution in [-0.2, 0) is 0 Å². The Morgan fingerprint density at radius 3 is 1.37 bits per heavy atom. The second kappa shape index (κ2) is 12.8. The van der Waals surface area contributed by atoms with E-state index >= 15 is 0 Å². The first-order valence-corrected chi connectivity index (χ1v) is 20.5. The smallest absolute Gasteiger partial charge is 0.260 e. The maximum atomic E-state index is 6.93. The molecule has 0 unspecified atom stereocenters. The van der Waals surface area contributed by atoms with E-state index < -0.39 is 0 Å². The number of hydrogen-bond acceptors (Lipinski definition) is 3. The average molecular weight is 768 g/mol. The van der Waals surface area contributed by atoms with Gasteiger partial charge < -0.3 is 23.5 Å². The van der Waals surface area contributed by atoms with Crippen molar-refractivity contribution >= 4 is 83.8 Å². The van der Waals surface area contributed by atoms with Crippen molar-refractivity contribution in [1.29, 1.82) is 0 Å². The largest absolute Gasteiger partial charge is 0.458 e. The fourth-order valence-electron chi connectivity index (χ4n) is 9.84. The van der Waals surface area contributed by atoms with Crippen molar-refractivity contribution in [2.24, 2.45) is 0 Å². The highest BCUT2D eigenvalue weighted by Crippen LogP contribution is 2.43. The standard InChI is InChI=1S/C54H34BN3O2/c1-5-16-35(17-6-1)56(36-18-7-2-8-19-36)39-28-29-41-43-32-45-53(34-49(43)58(47(41)30-39)38-22-11-4-12-23-38)60-51-27-15-26-50-54(51)55(45)44-31-42-40-24-13-14-25-46(40)57(37-20-9-3-10-21-37)48(42)33-52(44)59-50/h1-34H. The summed E-state index contributed by atoms with van der Waals surface area (Å²) in [5.74, 6) is 3.37. The first-order chi connectivity index (χ1) is 29.8. The van der Waals surface area contributed by atoms with Gasteiger partial charge in [-0.05, 0) is 89.8 Å². The van der Waals surface area contributed by atoms with Gasteiger partial charge in [0, 0.05) is 67.6 Å². The van der Waals surface area contributed by atoms with Gasteiger partial charge in [-0.3, -0.25) is 0 Å². The molecule has 60 heavy (non-hydrogen) atoms. The molecule has 0 amide bonds. The van der Waals surface area contributed by atoms with Gasteiger partial charge in [0.1, 0.15) is 23.0 Å². The van der Waals surface area contributed by atoms with E-state index in [0.717, 1.165) is 84.4 Å². The van der Waals surface area contributed by atoms with E-state index in [0.29, 0.717) is 0 Å². The van der Waals surface area contributed by atoms with Gasteiger partial charge in [0.25, 0.3) is 6.71 Å². The molecular weight excluding hydrogens is 733 g/mol. The molecule has 13 rings (SSSR count). The van der Waals surface area contributed by atoms with E-state index in [2.05, 4.69) is 214 Å². The normalized spacial score (nSPS) is 12.6. The molecule has 2 aliphatic rings. The molecule has 0 fully saturated rings. The fourth-order valence-corrected chi connectivity index (χ4v) is 9.84. The number of rotatable bonds is 5. The minimum absolute atomic E-state index is 0.0996. The van der Waals surface area contributed by atoms with Gasteiger partial charge in [-0.15, -0.1) is 0 Å². The Hall–Kier alpha value is -7.96. The summed E-state index contributed by atoms with van der Waals surface area (Å²) in [5, 5.41) is 4.75. The van der Waals surface area contributed by atoms with Gasteiger partial charge in [-0.25, -0.2) is 0 Å². The van der Waals surface area contributed by atoms with E-state index in [1.807, 2.05) is 6.07 Å². The summed E-state index contributed by atoms with van der Waals surface area (Å²) in [6.45, 7) is -0.0996. The molecule has 2 aliphatic heterocycles. The Balaban J connectivity index is 1.06. The lowest BCUT2D eigenvalue weighted by Gasteiger charge is -2.33. The minimum atomic E-state index is -0.0996. The summed E-state index contributed by atoms with van der Waals surface area (Å²) in [6, 6.07) is 73.5. The molecule has 6 heteroatoms. The summed E-state index contributed by atoms with van der Waals surface area (Å²) in [7, 11) is 0. The number of para-hydroxylation sites is 5. The summed E-state index contributed by atoms with van der Waals surface area (Å²) < 4.78 is 18.5. The van der Waals surface area contributed by atoms with Crippen LogP contribution >= 0.6 is 0 Å². The average Bonchev–Trinajstić information content (AvgIpc) is 3.80. The highest BCUT2D eigenvalue weighted by Gasteiger charge is 2.41. The maximum Gasteiger partial charge on any atom is 0.260 e. The number of nitrogens with zero attached hydrogens (tertiary/aromatic N) is 3. The quantitative estimate of drug-likeness (QED) is 0.164. The molecule has 0 bridgehead atoms. The van der Waals surface area contributed by atoms with Gasteiger partial charge in [0.15, 0.2) is 0 Å². The Bertz CT molecular complexity index is 3450. The van der Waals surface area contributed by atoms with Crippen LogP contribution in [0.5, 0.6) is 23.0 Å². The van der Waals surface area contributed by atoms with E-state index in [1.54, 1.807) is 0 Å². The zero-order chi connectivity index (χ0) is 39.3. The number of anilines is 3. The predicted molar refractivity (Wildman–Crippen MR) is 247 cm³/mol. The second-order valence-corrected chi connectivity index (χ2v) is 15.7. The molecule has 4 heterocycles. The van der Waals surface area contributed by atoms with Crippen LogP contribution in [0, 0.1) is 0 Å². The van der Waals surface area contributed by atoms with Crippen LogP contribution < -0.4 is 30.8 Å². The number of benzene rings is 9. The maximum absolute atomic E-state index is 6.93. The van der Waals surface area contributed by atoms with E-state index in [9.17, 15) is 0 Å². The number of fused-ring (bicyclic) bond motifs is 10. The third-order valence-electron chi connectivity index (χ3n) is 12.4. The van der Waals surface area contributed by atoms with Gasteiger partial charge >= 0.3 is 0 Å². The summed E-state index contributed by atoms with van der Waals surface area (Å²) in [4.78, 5) is 2.33. The van der Waals surface area contributed by atoms with Crippen molar-refractivity contribution in [3.63, 3.8) is 0 Å². The molecule has 0 N–H and O–H groups in total. The molecule has 2 aromatic heterocycles. The van der Waals surface area contributed by atoms with Crippen LogP contribution in [0.3, 0.4) is 0 Å². The lowest BCUT2D eigenvalue weighted by Crippen LogP contribution is -2.57. The minimum Gasteiger partial charge on any atom is -0.458 e. The zero-order valence-electron chi connectivity index (χ0n) is 32.4. The molecule has 5 nitrogen and oxygen atoms in total. The Labute approximate surface area is 346 Å². The van der Waals surface area contributed by atoms with Crippen molar-refractivity contribution in [3.05, 3.63) is 206 Å². The lowest BCUT2D eigenvalue weighted by molar-refractivity contribution is 0.465. The fraction of sp³-hybridized carbons (Fsp3) is 0. The predicted octanol–water partition coefficient (Wildman–Crippen LogP) is 12.1. The van der Waals surface area contributed by atoms with Gasteiger partial charge in [-0.1, -0.05) is 115 Å². The highest BCUT2D eigenvalue weighted by molar-refractivity contribution is 6.98. The van der Waals surface area contributed by atoms with Crippen molar-refractivity contribution < 1.29 is 9.47 Å². The summed E-state index contributed by atoms with van der Waals surface area (Å²) in [5.41, 5.74) is 13.3. The number of aromatic nitrogens is 2. The van der Waals surface area contributed by atoms with E-state index in [1.165, 1.54) is 27.1 Å². The van der Waals surface area contributed by atoms with Gasteiger partial charge in [0.05, 0.1) is 22.1 Å². The highest BCUT2D eigenvalue weighted by atomic mass is 16.5. The molecule has 0 saturated carbocycles. The monoisotopic (exact) mass is 767 g/mol. The van der Waals surface area contributed by atoms with Crippen molar-refractivity contribution in [2.75, 3.05) is 4.90 Å².